The number of primary amides is 1. The second-order valence-corrected chi connectivity index (χ2v) is 6.63. The number of alkyl halides is 3. The molecule has 1 atom stereocenters. The Hall–Kier alpha value is -3.37. The van der Waals surface area contributed by atoms with Gasteiger partial charge in [0.25, 0.3) is 0 Å². The first kappa shape index (κ1) is 20.4. The lowest BCUT2D eigenvalue weighted by Gasteiger charge is -2.22. The van der Waals surface area contributed by atoms with Crippen LogP contribution in [0.2, 0.25) is 0 Å². The van der Waals surface area contributed by atoms with E-state index in [9.17, 15) is 22.8 Å². The third-order valence-corrected chi connectivity index (χ3v) is 4.39. The molecule has 2 amide bonds. The van der Waals surface area contributed by atoms with Gasteiger partial charge in [0.05, 0.1) is 0 Å². The van der Waals surface area contributed by atoms with Gasteiger partial charge in [0.1, 0.15) is 11.4 Å². The van der Waals surface area contributed by atoms with Crippen LogP contribution in [-0.4, -0.2) is 40.9 Å². The minimum Gasteiger partial charge on any atom is -0.366 e. The first-order chi connectivity index (χ1) is 13.6. The number of rotatable bonds is 5. The quantitative estimate of drug-likeness (QED) is 0.698. The zero-order chi connectivity index (χ0) is 21.2. The number of amides is 2. The number of hydrogen-bond acceptors (Lipinski definition) is 6. The molecule has 29 heavy (non-hydrogen) atoms. The molecule has 1 aliphatic rings. The van der Waals surface area contributed by atoms with Gasteiger partial charge in [-0.05, 0) is 30.7 Å². The highest BCUT2D eigenvalue weighted by Gasteiger charge is 2.38. The van der Waals surface area contributed by atoms with Gasteiger partial charge in [-0.15, -0.1) is 0 Å². The summed E-state index contributed by atoms with van der Waals surface area (Å²) in [5.74, 6) is -1.11. The largest absolute Gasteiger partial charge is 0.421 e. The van der Waals surface area contributed by atoms with E-state index in [1.807, 2.05) is 0 Å². The monoisotopic (exact) mass is 408 g/mol. The number of hydrogen-bond donors (Lipinski definition) is 3. The minimum absolute atomic E-state index is 0.0252. The Bertz CT molecular complexity index is 917. The van der Waals surface area contributed by atoms with E-state index in [4.69, 9.17) is 5.73 Å². The number of aromatic nitrogens is 2. The summed E-state index contributed by atoms with van der Waals surface area (Å²) in [6.07, 6.45) is -3.38. The lowest BCUT2D eigenvalue weighted by Crippen LogP contribution is -2.36. The number of benzene rings is 1. The summed E-state index contributed by atoms with van der Waals surface area (Å²) >= 11 is 0. The van der Waals surface area contributed by atoms with Crippen molar-refractivity contribution in [2.75, 3.05) is 23.3 Å². The number of nitrogens with one attached hydrogen (secondary N) is 2. The van der Waals surface area contributed by atoms with E-state index in [1.165, 1.54) is 24.0 Å². The number of nitrogens with zero attached hydrogens (tertiary/aromatic N) is 3. The fourth-order valence-electron chi connectivity index (χ4n) is 3.08. The average molecular weight is 408 g/mol. The van der Waals surface area contributed by atoms with E-state index in [-0.39, 0.29) is 30.3 Å². The summed E-state index contributed by atoms with van der Waals surface area (Å²) in [5, 5.41) is 5.53. The van der Waals surface area contributed by atoms with Crippen LogP contribution in [0.1, 0.15) is 29.3 Å². The third-order valence-electron chi connectivity index (χ3n) is 4.39. The van der Waals surface area contributed by atoms with Gasteiger partial charge in [-0.25, -0.2) is 4.98 Å². The van der Waals surface area contributed by atoms with Gasteiger partial charge in [-0.1, -0.05) is 0 Å². The molecular formula is C18H19F3N6O2. The highest BCUT2D eigenvalue weighted by atomic mass is 19.4. The molecule has 8 nitrogen and oxygen atoms in total. The topological polar surface area (TPSA) is 113 Å². The van der Waals surface area contributed by atoms with Crippen LogP contribution in [0.3, 0.4) is 0 Å². The lowest BCUT2D eigenvalue weighted by atomic mass is 10.2. The van der Waals surface area contributed by atoms with Crippen LogP contribution in [0, 0.1) is 0 Å². The number of carbonyl (C=O) groups excluding carboxylic acids is 2. The van der Waals surface area contributed by atoms with Gasteiger partial charge >= 0.3 is 6.18 Å². The summed E-state index contributed by atoms with van der Waals surface area (Å²) < 4.78 is 40.3. The van der Waals surface area contributed by atoms with Crippen LogP contribution in [0.5, 0.6) is 0 Å². The number of nitrogens with two attached hydrogens (primary N) is 1. The van der Waals surface area contributed by atoms with E-state index >= 15 is 0 Å². The van der Waals surface area contributed by atoms with Crippen molar-refractivity contribution in [3.8, 4) is 0 Å². The normalized spacial score (nSPS) is 16.6. The van der Waals surface area contributed by atoms with Crippen molar-refractivity contribution in [3.63, 3.8) is 0 Å². The lowest BCUT2D eigenvalue weighted by molar-refractivity contribution is -0.137. The Morgan fingerprint density at radius 3 is 2.52 bits per heavy atom. The first-order valence-electron chi connectivity index (χ1n) is 8.76. The second-order valence-electron chi connectivity index (χ2n) is 6.63. The smallest absolute Gasteiger partial charge is 0.366 e. The van der Waals surface area contributed by atoms with Crippen molar-refractivity contribution >= 4 is 29.3 Å². The van der Waals surface area contributed by atoms with E-state index in [0.717, 1.165) is 6.20 Å². The number of anilines is 3. The number of halogens is 3. The van der Waals surface area contributed by atoms with E-state index in [1.54, 1.807) is 12.1 Å². The summed E-state index contributed by atoms with van der Waals surface area (Å²) in [6, 6.07) is 5.80. The molecule has 1 aromatic heterocycles. The molecule has 0 aliphatic carbocycles. The van der Waals surface area contributed by atoms with Gasteiger partial charge in [0.15, 0.2) is 0 Å². The summed E-state index contributed by atoms with van der Waals surface area (Å²) in [7, 11) is 0. The van der Waals surface area contributed by atoms with Gasteiger partial charge in [0, 0.05) is 43.5 Å². The molecule has 0 saturated carbocycles. The molecule has 1 aromatic carbocycles. The maximum Gasteiger partial charge on any atom is 0.421 e. The van der Waals surface area contributed by atoms with Crippen molar-refractivity contribution in [2.45, 2.75) is 25.6 Å². The van der Waals surface area contributed by atoms with Gasteiger partial charge in [-0.3, -0.25) is 9.59 Å². The average Bonchev–Trinajstić information content (AvgIpc) is 3.09. The maximum atomic E-state index is 13.4. The van der Waals surface area contributed by atoms with E-state index in [2.05, 4.69) is 20.6 Å². The highest BCUT2D eigenvalue weighted by molar-refractivity contribution is 5.93. The summed E-state index contributed by atoms with van der Waals surface area (Å²) in [5.41, 5.74) is 5.02. The SMILES string of the molecule is CC(=O)NC1CCN(c2nc(Nc3ccc(C(N)=O)cc3)ncc2C(F)(F)F)C1. The Kier molecular flexibility index (Phi) is 5.57. The van der Waals surface area contributed by atoms with E-state index in [0.29, 0.717) is 24.2 Å². The summed E-state index contributed by atoms with van der Waals surface area (Å²) in [4.78, 5) is 31.7. The Balaban J connectivity index is 1.86. The van der Waals surface area contributed by atoms with Crippen molar-refractivity contribution < 1.29 is 22.8 Å². The maximum absolute atomic E-state index is 13.4. The van der Waals surface area contributed by atoms with E-state index < -0.39 is 17.6 Å². The van der Waals surface area contributed by atoms with Crippen LogP contribution in [-0.2, 0) is 11.0 Å². The molecule has 3 rings (SSSR count). The fourth-order valence-corrected chi connectivity index (χ4v) is 3.08. The molecule has 2 heterocycles. The Labute approximate surface area is 164 Å². The van der Waals surface area contributed by atoms with Crippen molar-refractivity contribution in [2.24, 2.45) is 5.73 Å². The van der Waals surface area contributed by atoms with Crippen LogP contribution in [0.15, 0.2) is 30.5 Å². The van der Waals surface area contributed by atoms with Gasteiger partial charge in [0.2, 0.25) is 17.8 Å². The predicted octanol–water partition coefficient (Wildman–Crippen LogP) is 2.05. The van der Waals surface area contributed by atoms with Crippen molar-refractivity contribution in [3.05, 3.63) is 41.6 Å². The van der Waals surface area contributed by atoms with Crippen molar-refractivity contribution in [1.29, 1.82) is 0 Å². The predicted molar refractivity (Wildman–Crippen MR) is 99.7 cm³/mol. The van der Waals surface area contributed by atoms with Crippen LogP contribution in [0.25, 0.3) is 0 Å². The van der Waals surface area contributed by atoms with Crippen LogP contribution in [0.4, 0.5) is 30.6 Å². The molecule has 0 bridgehead atoms. The molecule has 4 N–H and O–H groups in total. The zero-order valence-electron chi connectivity index (χ0n) is 15.5. The number of carbonyl (C=O) groups is 2. The first-order valence-corrected chi connectivity index (χ1v) is 8.76. The van der Waals surface area contributed by atoms with Crippen LogP contribution < -0.4 is 21.3 Å². The highest BCUT2D eigenvalue weighted by Crippen LogP contribution is 2.37. The van der Waals surface area contributed by atoms with Crippen molar-refractivity contribution in [1.82, 2.24) is 15.3 Å². The standard InChI is InChI=1S/C18H19F3N6O2/c1-10(28)24-13-6-7-27(9-13)16-14(18(19,20)21)8-23-17(26-16)25-12-4-2-11(3-5-12)15(22)29/h2-5,8,13H,6-7,9H2,1H3,(H2,22,29)(H,24,28)(H,23,25,26). The molecular weight excluding hydrogens is 389 g/mol. The second kappa shape index (κ2) is 7.94. The minimum atomic E-state index is -4.62. The zero-order valence-corrected chi connectivity index (χ0v) is 15.5. The van der Waals surface area contributed by atoms with Crippen LogP contribution >= 0.6 is 0 Å². The third kappa shape index (κ3) is 4.92. The molecule has 1 aliphatic heterocycles. The molecule has 1 saturated heterocycles. The molecule has 154 valence electrons. The molecule has 0 spiro atoms. The molecule has 2 aromatic rings. The summed E-state index contributed by atoms with van der Waals surface area (Å²) in [6.45, 7) is 1.89. The molecule has 1 unspecified atom stereocenters. The van der Waals surface area contributed by atoms with Gasteiger partial charge < -0.3 is 21.3 Å². The molecule has 0 radical (unpaired) electrons. The molecule has 11 heteroatoms. The Morgan fingerprint density at radius 2 is 1.93 bits per heavy atom. The fraction of sp³-hybridized carbons (Fsp3) is 0.333. The van der Waals surface area contributed by atoms with Gasteiger partial charge in [-0.2, -0.15) is 18.2 Å². The Morgan fingerprint density at radius 1 is 1.24 bits per heavy atom. The molecule has 1 fully saturated rings.